The lowest BCUT2D eigenvalue weighted by molar-refractivity contribution is 0.255. The van der Waals surface area contributed by atoms with Gasteiger partial charge in [-0.15, -0.1) is 0 Å². The molecule has 0 saturated carbocycles. The van der Waals surface area contributed by atoms with Gasteiger partial charge in [0.25, 0.3) is 0 Å². The number of anilines is 1. The highest BCUT2D eigenvalue weighted by Gasteiger charge is 1.96. The summed E-state index contributed by atoms with van der Waals surface area (Å²) < 4.78 is 0. The summed E-state index contributed by atoms with van der Waals surface area (Å²) in [5.41, 5.74) is 1.81. The van der Waals surface area contributed by atoms with E-state index in [0.29, 0.717) is 0 Å². The first-order chi connectivity index (χ1) is 10.8. The van der Waals surface area contributed by atoms with Crippen molar-refractivity contribution >= 4 is 17.8 Å². The lowest BCUT2D eigenvalue weighted by Crippen LogP contribution is -2.23. The van der Waals surface area contributed by atoms with Crippen LogP contribution >= 0.6 is 0 Å². The van der Waals surface area contributed by atoms with Gasteiger partial charge in [-0.1, -0.05) is 76.2 Å². The fourth-order valence-corrected chi connectivity index (χ4v) is 1.47. The van der Waals surface area contributed by atoms with Crippen molar-refractivity contribution < 1.29 is 4.79 Å². The Labute approximate surface area is 134 Å². The molecule has 0 aliphatic rings. The number of carbonyl (C=O) groups excluding carboxylic acids is 1. The van der Waals surface area contributed by atoms with Crippen LogP contribution in [0.25, 0.3) is 6.08 Å². The summed E-state index contributed by atoms with van der Waals surface area (Å²) in [5.74, 6) is 0. The van der Waals surface area contributed by atoms with E-state index in [1.54, 1.807) is 6.20 Å². The second-order valence-corrected chi connectivity index (χ2v) is 3.71. The van der Waals surface area contributed by atoms with Gasteiger partial charge in [0.2, 0.25) is 0 Å². The van der Waals surface area contributed by atoms with E-state index in [4.69, 9.17) is 0 Å². The van der Waals surface area contributed by atoms with Crippen molar-refractivity contribution in [2.24, 2.45) is 0 Å². The first kappa shape index (κ1) is 19.4. The molecule has 22 heavy (non-hydrogen) atoms. The molecule has 0 bridgehead atoms. The molecular weight excluding hydrogens is 272 g/mol. The van der Waals surface area contributed by atoms with Crippen LogP contribution in [0.1, 0.15) is 33.3 Å². The van der Waals surface area contributed by atoms with Crippen LogP contribution in [0.3, 0.4) is 0 Å². The Morgan fingerprint density at radius 2 is 1.32 bits per heavy atom. The number of benzene rings is 2. The van der Waals surface area contributed by atoms with Crippen LogP contribution in [0.4, 0.5) is 10.5 Å². The Morgan fingerprint density at radius 1 is 0.818 bits per heavy atom. The van der Waals surface area contributed by atoms with Gasteiger partial charge >= 0.3 is 6.03 Å². The molecule has 0 aromatic heterocycles. The number of nitrogens with one attached hydrogen (secondary N) is 2. The van der Waals surface area contributed by atoms with Crippen LogP contribution < -0.4 is 10.6 Å². The molecule has 0 atom stereocenters. The molecule has 2 N–H and O–H groups in total. The molecule has 2 aromatic carbocycles. The van der Waals surface area contributed by atoms with Crippen molar-refractivity contribution in [3.8, 4) is 0 Å². The third-order valence-electron chi connectivity index (χ3n) is 2.32. The molecule has 0 heterocycles. The predicted octanol–water partition coefficient (Wildman–Crippen LogP) is 5.53. The minimum Gasteiger partial charge on any atom is -0.314 e. The largest absolute Gasteiger partial charge is 0.323 e. The van der Waals surface area contributed by atoms with Gasteiger partial charge in [-0.05, 0) is 23.8 Å². The molecular formula is C19H26N2O. The van der Waals surface area contributed by atoms with E-state index in [9.17, 15) is 4.79 Å². The standard InChI is InChI=1S/C15H14N2O.2C2H6/c18-15(17-14-9-5-2-6-10-14)16-12-11-13-7-3-1-4-8-13;2*1-2/h1-12H,(H2,16,17,18);2*1-2H3/b12-11+;;. The van der Waals surface area contributed by atoms with Crippen molar-refractivity contribution in [2.75, 3.05) is 5.32 Å². The van der Waals surface area contributed by atoms with E-state index < -0.39 is 0 Å². The zero-order valence-electron chi connectivity index (χ0n) is 13.8. The van der Waals surface area contributed by atoms with E-state index in [0.717, 1.165) is 11.3 Å². The Kier molecular flexibility index (Phi) is 11.9. The molecule has 118 valence electrons. The van der Waals surface area contributed by atoms with E-state index in [1.807, 2.05) is 94.4 Å². The number of hydrogen-bond donors (Lipinski definition) is 2. The van der Waals surface area contributed by atoms with Crippen molar-refractivity contribution in [3.05, 3.63) is 72.4 Å². The van der Waals surface area contributed by atoms with Gasteiger partial charge in [-0.25, -0.2) is 4.79 Å². The third kappa shape index (κ3) is 8.59. The van der Waals surface area contributed by atoms with Crippen LogP contribution in [0.15, 0.2) is 66.9 Å². The van der Waals surface area contributed by atoms with E-state index in [1.165, 1.54) is 0 Å². The number of carbonyl (C=O) groups is 1. The molecule has 2 aromatic rings. The maximum Gasteiger partial charge on any atom is 0.323 e. The molecule has 0 radical (unpaired) electrons. The third-order valence-corrected chi connectivity index (χ3v) is 2.32. The van der Waals surface area contributed by atoms with Gasteiger partial charge in [-0.3, -0.25) is 0 Å². The predicted molar refractivity (Wildman–Crippen MR) is 96.8 cm³/mol. The van der Waals surface area contributed by atoms with Gasteiger partial charge in [0.05, 0.1) is 0 Å². The average Bonchev–Trinajstić information content (AvgIpc) is 2.60. The monoisotopic (exact) mass is 298 g/mol. The first-order valence-electron chi connectivity index (χ1n) is 7.69. The lowest BCUT2D eigenvalue weighted by Gasteiger charge is -2.03. The molecule has 2 rings (SSSR count). The number of rotatable bonds is 3. The molecule has 2 amide bonds. The summed E-state index contributed by atoms with van der Waals surface area (Å²) in [7, 11) is 0. The van der Waals surface area contributed by atoms with Crippen LogP contribution in [-0.4, -0.2) is 6.03 Å². The Morgan fingerprint density at radius 3 is 1.86 bits per heavy atom. The summed E-state index contributed by atoms with van der Waals surface area (Å²) in [5, 5.41) is 5.38. The van der Waals surface area contributed by atoms with E-state index in [-0.39, 0.29) is 6.03 Å². The normalized spacial score (nSPS) is 8.91. The zero-order valence-corrected chi connectivity index (χ0v) is 13.8. The van der Waals surface area contributed by atoms with Gasteiger partial charge < -0.3 is 10.6 Å². The Hall–Kier alpha value is -2.55. The van der Waals surface area contributed by atoms with Gasteiger partial charge in [0, 0.05) is 11.9 Å². The van der Waals surface area contributed by atoms with Crippen LogP contribution in [0.5, 0.6) is 0 Å². The summed E-state index contributed by atoms with van der Waals surface area (Å²) in [4.78, 5) is 11.5. The maximum atomic E-state index is 11.5. The summed E-state index contributed by atoms with van der Waals surface area (Å²) in [6, 6.07) is 18.8. The molecule has 0 saturated heterocycles. The summed E-state index contributed by atoms with van der Waals surface area (Å²) in [6.07, 6.45) is 3.46. The second-order valence-electron chi connectivity index (χ2n) is 3.71. The van der Waals surface area contributed by atoms with E-state index in [2.05, 4.69) is 10.6 Å². The van der Waals surface area contributed by atoms with Crippen LogP contribution in [0.2, 0.25) is 0 Å². The maximum absolute atomic E-state index is 11.5. The Bertz CT molecular complexity index is 522. The number of para-hydroxylation sites is 1. The minimum atomic E-state index is -0.256. The number of hydrogen-bond acceptors (Lipinski definition) is 1. The van der Waals surface area contributed by atoms with Gasteiger partial charge in [0.1, 0.15) is 0 Å². The SMILES string of the molecule is CC.CC.O=C(N/C=C/c1ccccc1)Nc1ccccc1. The van der Waals surface area contributed by atoms with Gasteiger partial charge in [-0.2, -0.15) is 0 Å². The average molecular weight is 298 g/mol. The van der Waals surface area contributed by atoms with Crippen molar-refractivity contribution in [2.45, 2.75) is 27.7 Å². The molecule has 0 fully saturated rings. The van der Waals surface area contributed by atoms with Crippen molar-refractivity contribution in [1.29, 1.82) is 0 Å². The molecule has 0 unspecified atom stereocenters. The number of urea groups is 1. The molecule has 3 nitrogen and oxygen atoms in total. The quantitative estimate of drug-likeness (QED) is 0.768. The molecule has 0 spiro atoms. The highest BCUT2D eigenvalue weighted by molar-refractivity contribution is 5.90. The highest BCUT2D eigenvalue weighted by atomic mass is 16.2. The van der Waals surface area contributed by atoms with Crippen molar-refractivity contribution in [3.63, 3.8) is 0 Å². The second kappa shape index (κ2) is 13.4. The fourth-order valence-electron chi connectivity index (χ4n) is 1.47. The fraction of sp³-hybridized carbons (Fsp3) is 0.211. The molecule has 3 heteroatoms. The summed E-state index contributed by atoms with van der Waals surface area (Å²) in [6.45, 7) is 8.00. The summed E-state index contributed by atoms with van der Waals surface area (Å²) >= 11 is 0. The highest BCUT2D eigenvalue weighted by Crippen LogP contribution is 2.04. The van der Waals surface area contributed by atoms with E-state index >= 15 is 0 Å². The minimum absolute atomic E-state index is 0.256. The smallest absolute Gasteiger partial charge is 0.314 e. The first-order valence-corrected chi connectivity index (χ1v) is 7.69. The zero-order chi connectivity index (χ0) is 16.6. The molecule has 0 aliphatic carbocycles. The Balaban J connectivity index is 0.00000102. The topological polar surface area (TPSA) is 41.1 Å². The lowest BCUT2D eigenvalue weighted by atomic mass is 10.2. The number of amides is 2. The van der Waals surface area contributed by atoms with Crippen molar-refractivity contribution in [1.82, 2.24) is 5.32 Å². The van der Waals surface area contributed by atoms with Crippen LogP contribution in [-0.2, 0) is 0 Å². The van der Waals surface area contributed by atoms with Crippen LogP contribution in [0, 0.1) is 0 Å². The van der Waals surface area contributed by atoms with Gasteiger partial charge in [0.15, 0.2) is 0 Å². The molecule has 0 aliphatic heterocycles.